The van der Waals surface area contributed by atoms with Crippen LogP contribution in [0.15, 0.2) is 29.2 Å². The maximum absolute atomic E-state index is 11.2. The molecule has 19 heavy (non-hydrogen) atoms. The molecule has 1 aromatic rings. The summed E-state index contributed by atoms with van der Waals surface area (Å²) in [5.74, 6) is 0.940. The maximum Gasteiger partial charge on any atom is 0.238 e. The first-order valence-electron chi connectivity index (χ1n) is 6.37. The number of benzene rings is 1. The van der Waals surface area contributed by atoms with Crippen molar-refractivity contribution < 1.29 is 8.42 Å². The first-order valence-corrected chi connectivity index (χ1v) is 7.91. The Morgan fingerprint density at radius 2 is 2.00 bits per heavy atom. The zero-order valence-electron chi connectivity index (χ0n) is 11.5. The Morgan fingerprint density at radius 1 is 1.32 bits per heavy atom. The molecule has 0 aliphatic carbocycles. The summed E-state index contributed by atoms with van der Waals surface area (Å²) in [7, 11) is -3.63. The SMILES string of the molecule is CC(C)C(CN)CNCc1cccc(S(N)(=O)=O)c1. The molecular weight excluding hydrogens is 262 g/mol. The molecule has 0 aliphatic rings. The van der Waals surface area contributed by atoms with Gasteiger partial charge in [-0.25, -0.2) is 13.6 Å². The van der Waals surface area contributed by atoms with E-state index in [2.05, 4.69) is 19.2 Å². The molecule has 1 unspecified atom stereocenters. The maximum atomic E-state index is 11.2. The van der Waals surface area contributed by atoms with E-state index in [0.29, 0.717) is 24.9 Å². The molecule has 0 spiro atoms. The van der Waals surface area contributed by atoms with Gasteiger partial charge in [-0.05, 0) is 42.6 Å². The van der Waals surface area contributed by atoms with Gasteiger partial charge in [-0.3, -0.25) is 0 Å². The van der Waals surface area contributed by atoms with Crippen LogP contribution in [-0.4, -0.2) is 21.5 Å². The summed E-state index contributed by atoms with van der Waals surface area (Å²) < 4.78 is 22.5. The van der Waals surface area contributed by atoms with Gasteiger partial charge in [0, 0.05) is 6.54 Å². The fourth-order valence-electron chi connectivity index (χ4n) is 1.83. The van der Waals surface area contributed by atoms with E-state index >= 15 is 0 Å². The minimum Gasteiger partial charge on any atom is -0.330 e. The number of primary sulfonamides is 1. The Balaban J connectivity index is 2.59. The number of sulfonamides is 1. The Labute approximate surface area is 115 Å². The molecule has 0 saturated heterocycles. The highest BCUT2D eigenvalue weighted by Crippen LogP contribution is 2.11. The lowest BCUT2D eigenvalue weighted by Gasteiger charge is -2.19. The van der Waals surface area contributed by atoms with Crippen molar-refractivity contribution in [2.75, 3.05) is 13.1 Å². The largest absolute Gasteiger partial charge is 0.330 e. The molecule has 0 radical (unpaired) electrons. The van der Waals surface area contributed by atoms with Gasteiger partial charge in [-0.2, -0.15) is 0 Å². The van der Waals surface area contributed by atoms with E-state index in [9.17, 15) is 8.42 Å². The van der Waals surface area contributed by atoms with Gasteiger partial charge < -0.3 is 11.1 Å². The molecule has 1 rings (SSSR count). The Kier molecular flexibility index (Phi) is 5.93. The Bertz CT molecular complexity index is 500. The van der Waals surface area contributed by atoms with Crippen molar-refractivity contribution in [3.8, 4) is 0 Å². The molecule has 0 fully saturated rings. The van der Waals surface area contributed by atoms with Crippen LogP contribution >= 0.6 is 0 Å². The molecule has 0 heterocycles. The number of nitrogens with two attached hydrogens (primary N) is 2. The summed E-state index contributed by atoms with van der Waals surface area (Å²) in [6.07, 6.45) is 0. The zero-order valence-corrected chi connectivity index (χ0v) is 12.3. The lowest BCUT2D eigenvalue weighted by atomic mass is 9.96. The third-order valence-corrected chi connectivity index (χ3v) is 4.12. The monoisotopic (exact) mass is 285 g/mol. The molecule has 0 aliphatic heterocycles. The highest BCUT2D eigenvalue weighted by molar-refractivity contribution is 7.89. The molecule has 1 aromatic carbocycles. The molecule has 0 saturated carbocycles. The van der Waals surface area contributed by atoms with E-state index in [1.807, 2.05) is 6.07 Å². The van der Waals surface area contributed by atoms with Crippen LogP contribution in [-0.2, 0) is 16.6 Å². The molecule has 108 valence electrons. The quantitative estimate of drug-likeness (QED) is 0.685. The van der Waals surface area contributed by atoms with E-state index < -0.39 is 10.0 Å². The Morgan fingerprint density at radius 3 is 2.53 bits per heavy atom. The summed E-state index contributed by atoms with van der Waals surface area (Å²) in [4.78, 5) is 0.144. The van der Waals surface area contributed by atoms with E-state index in [4.69, 9.17) is 10.9 Å². The zero-order chi connectivity index (χ0) is 14.5. The highest BCUT2D eigenvalue weighted by atomic mass is 32.2. The van der Waals surface area contributed by atoms with Gasteiger partial charge in [0.05, 0.1) is 4.90 Å². The summed E-state index contributed by atoms with van der Waals surface area (Å²) in [6, 6.07) is 6.65. The number of hydrogen-bond acceptors (Lipinski definition) is 4. The fraction of sp³-hybridized carbons (Fsp3) is 0.538. The predicted octanol–water partition coefficient (Wildman–Crippen LogP) is 0.655. The average molecular weight is 285 g/mol. The summed E-state index contributed by atoms with van der Waals surface area (Å²) in [5, 5.41) is 8.40. The smallest absolute Gasteiger partial charge is 0.238 e. The van der Waals surface area contributed by atoms with Crippen molar-refractivity contribution in [3.05, 3.63) is 29.8 Å². The molecule has 0 bridgehead atoms. The van der Waals surface area contributed by atoms with E-state index in [0.717, 1.165) is 12.1 Å². The van der Waals surface area contributed by atoms with Crippen molar-refractivity contribution in [1.29, 1.82) is 0 Å². The van der Waals surface area contributed by atoms with Crippen LogP contribution in [0.4, 0.5) is 0 Å². The second-order valence-electron chi connectivity index (χ2n) is 5.06. The minimum atomic E-state index is -3.63. The summed E-state index contributed by atoms with van der Waals surface area (Å²) in [6.45, 7) is 6.34. The van der Waals surface area contributed by atoms with Crippen LogP contribution in [0.3, 0.4) is 0 Å². The van der Waals surface area contributed by atoms with E-state index in [-0.39, 0.29) is 4.90 Å². The van der Waals surface area contributed by atoms with E-state index in [1.54, 1.807) is 12.1 Å². The van der Waals surface area contributed by atoms with Crippen molar-refractivity contribution in [2.45, 2.75) is 25.3 Å². The lowest BCUT2D eigenvalue weighted by Crippen LogP contribution is -2.31. The topological polar surface area (TPSA) is 98.2 Å². The van der Waals surface area contributed by atoms with Crippen LogP contribution in [0.25, 0.3) is 0 Å². The molecule has 5 nitrogen and oxygen atoms in total. The lowest BCUT2D eigenvalue weighted by molar-refractivity contribution is 0.370. The molecular formula is C13H23N3O2S. The highest BCUT2D eigenvalue weighted by Gasteiger charge is 2.11. The number of hydrogen-bond donors (Lipinski definition) is 3. The standard InChI is InChI=1S/C13H23N3O2S/c1-10(2)12(7-14)9-16-8-11-4-3-5-13(6-11)19(15,17)18/h3-6,10,12,16H,7-9,14H2,1-2H3,(H2,15,17,18). The van der Waals surface area contributed by atoms with Crippen LogP contribution in [0, 0.1) is 11.8 Å². The predicted molar refractivity (Wildman–Crippen MR) is 76.9 cm³/mol. The summed E-state index contributed by atoms with van der Waals surface area (Å²) >= 11 is 0. The molecule has 5 N–H and O–H groups in total. The van der Waals surface area contributed by atoms with Crippen molar-refractivity contribution in [3.63, 3.8) is 0 Å². The van der Waals surface area contributed by atoms with Crippen LogP contribution in [0.1, 0.15) is 19.4 Å². The molecule has 1 atom stereocenters. The van der Waals surface area contributed by atoms with Gasteiger partial charge in [-0.15, -0.1) is 0 Å². The van der Waals surface area contributed by atoms with Gasteiger partial charge in [0.1, 0.15) is 0 Å². The molecule has 0 aromatic heterocycles. The molecule has 6 heteroatoms. The van der Waals surface area contributed by atoms with Gasteiger partial charge in [-0.1, -0.05) is 26.0 Å². The average Bonchev–Trinajstić information content (AvgIpc) is 2.33. The molecule has 0 amide bonds. The summed E-state index contributed by atoms with van der Waals surface area (Å²) in [5.41, 5.74) is 6.59. The van der Waals surface area contributed by atoms with E-state index in [1.165, 1.54) is 6.07 Å². The van der Waals surface area contributed by atoms with Gasteiger partial charge >= 0.3 is 0 Å². The van der Waals surface area contributed by atoms with Gasteiger partial charge in [0.15, 0.2) is 0 Å². The fourth-order valence-corrected chi connectivity index (χ4v) is 2.41. The Hall–Kier alpha value is -0.950. The van der Waals surface area contributed by atoms with Crippen molar-refractivity contribution in [2.24, 2.45) is 22.7 Å². The van der Waals surface area contributed by atoms with Crippen LogP contribution in [0.2, 0.25) is 0 Å². The third-order valence-electron chi connectivity index (χ3n) is 3.21. The second kappa shape index (κ2) is 7.00. The first-order chi connectivity index (χ1) is 8.84. The number of rotatable bonds is 7. The third kappa shape index (κ3) is 5.28. The number of nitrogens with one attached hydrogen (secondary N) is 1. The second-order valence-corrected chi connectivity index (χ2v) is 6.62. The van der Waals surface area contributed by atoms with Gasteiger partial charge in [0.25, 0.3) is 0 Å². The van der Waals surface area contributed by atoms with Crippen LogP contribution in [0.5, 0.6) is 0 Å². The minimum absolute atomic E-state index is 0.144. The van der Waals surface area contributed by atoms with Crippen LogP contribution < -0.4 is 16.2 Å². The van der Waals surface area contributed by atoms with Gasteiger partial charge in [0.2, 0.25) is 10.0 Å². The normalized spacial score (nSPS) is 13.7. The van der Waals surface area contributed by atoms with Crippen molar-refractivity contribution >= 4 is 10.0 Å². The first kappa shape index (κ1) is 16.1. The van der Waals surface area contributed by atoms with Crippen molar-refractivity contribution in [1.82, 2.24) is 5.32 Å².